The van der Waals surface area contributed by atoms with Crippen molar-refractivity contribution in [2.45, 2.75) is 30.8 Å². The van der Waals surface area contributed by atoms with Crippen LogP contribution in [0.5, 0.6) is 0 Å². The maximum absolute atomic E-state index is 12.5. The summed E-state index contributed by atoms with van der Waals surface area (Å²) in [7, 11) is 0. The molecule has 1 amide bonds. The maximum Gasteiger partial charge on any atom is 0.251 e. The van der Waals surface area contributed by atoms with Gasteiger partial charge in [0, 0.05) is 61.7 Å². The molecular weight excluding hydrogens is 526 g/mol. The van der Waals surface area contributed by atoms with Gasteiger partial charge in [0.1, 0.15) is 5.82 Å². The number of hydrogen-bond acceptors (Lipinski definition) is 6. The van der Waals surface area contributed by atoms with Gasteiger partial charge in [-0.3, -0.25) is 9.69 Å². The van der Waals surface area contributed by atoms with Crippen LogP contribution in [0.1, 0.15) is 35.3 Å². The van der Waals surface area contributed by atoms with E-state index in [1.807, 2.05) is 62.4 Å². The highest BCUT2D eigenvalue weighted by atomic mass is 32.2. The van der Waals surface area contributed by atoms with Crippen molar-refractivity contribution in [1.82, 2.24) is 20.2 Å². The van der Waals surface area contributed by atoms with Crippen molar-refractivity contribution < 1.29 is 4.79 Å². The molecule has 0 unspecified atom stereocenters. The van der Waals surface area contributed by atoms with Gasteiger partial charge in [-0.05, 0) is 37.1 Å². The average molecular weight is 564 g/mol. The summed E-state index contributed by atoms with van der Waals surface area (Å²) in [6.07, 6.45) is 4.44. The van der Waals surface area contributed by atoms with E-state index >= 15 is 0 Å². The van der Waals surface area contributed by atoms with Gasteiger partial charge in [-0.1, -0.05) is 96.7 Å². The van der Waals surface area contributed by atoms with Gasteiger partial charge in [-0.25, -0.2) is 9.97 Å². The molecule has 2 heterocycles. The molecule has 7 heteroatoms. The molecule has 1 saturated heterocycles. The number of nitrogens with one attached hydrogen (secondary N) is 1. The van der Waals surface area contributed by atoms with E-state index in [0.717, 1.165) is 60.5 Å². The first-order valence-electron chi connectivity index (χ1n) is 14.2. The number of rotatable bonds is 10. The zero-order valence-electron chi connectivity index (χ0n) is 23.7. The molecular formula is C34H37N5OS. The van der Waals surface area contributed by atoms with E-state index in [-0.39, 0.29) is 11.9 Å². The summed E-state index contributed by atoms with van der Waals surface area (Å²) in [4.78, 5) is 27.2. The second-order valence-corrected chi connectivity index (χ2v) is 11.4. The predicted molar refractivity (Wildman–Crippen MR) is 170 cm³/mol. The Hall–Kier alpha value is -3.94. The summed E-state index contributed by atoms with van der Waals surface area (Å²) in [6.45, 7) is 8.68. The van der Waals surface area contributed by atoms with Crippen molar-refractivity contribution in [2.24, 2.45) is 0 Å². The Morgan fingerprint density at radius 2 is 1.63 bits per heavy atom. The van der Waals surface area contributed by atoms with Crippen LogP contribution in [0.15, 0.2) is 102 Å². The van der Waals surface area contributed by atoms with E-state index in [1.54, 1.807) is 11.8 Å². The third-order valence-electron chi connectivity index (χ3n) is 6.91. The minimum absolute atomic E-state index is 0.0499. The molecule has 0 spiro atoms. The zero-order chi connectivity index (χ0) is 28.4. The first-order chi connectivity index (χ1) is 20.0. The highest BCUT2D eigenvalue weighted by Gasteiger charge is 2.19. The van der Waals surface area contributed by atoms with Crippen LogP contribution < -0.4 is 10.2 Å². The number of nitrogens with zero attached hydrogens (tertiary/aromatic N) is 4. The van der Waals surface area contributed by atoms with E-state index in [4.69, 9.17) is 9.97 Å². The first-order valence-corrected chi connectivity index (χ1v) is 15.2. The Labute approximate surface area is 247 Å². The van der Waals surface area contributed by atoms with Crippen molar-refractivity contribution in [3.8, 4) is 11.3 Å². The summed E-state index contributed by atoms with van der Waals surface area (Å²) in [6, 6.07) is 30.7. The first kappa shape index (κ1) is 28.6. The number of amides is 1. The molecule has 1 N–H and O–H groups in total. The van der Waals surface area contributed by atoms with Gasteiger partial charge >= 0.3 is 0 Å². The van der Waals surface area contributed by atoms with Crippen LogP contribution in [0.3, 0.4) is 0 Å². The van der Waals surface area contributed by atoms with Crippen LogP contribution in [0.2, 0.25) is 0 Å². The Morgan fingerprint density at radius 1 is 0.902 bits per heavy atom. The molecule has 210 valence electrons. The summed E-state index contributed by atoms with van der Waals surface area (Å²) in [5.74, 6) is 1.60. The number of thioether (sulfide) groups is 1. The number of aromatic nitrogens is 2. The summed E-state index contributed by atoms with van der Waals surface area (Å²) in [5.41, 5.74) is 4.98. The monoisotopic (exact) mass is 563 g/mol. The van der Waals surface area contributed by atoms with Gasteiger partial charge < -0.3 is 10.2 Å². The number of anilines is 1. The Morgan fingerprint density at radius 3 is 2.37 bits per heavy atom. The molecule has 6 nitrogen and oxygen atoms in total. The molecule has 0 bridgehead atoms. The largest absolute Gasteiger partial charge is 0.354 e. The van der Waals surface area contributed by atoms with Crippen LogP contribution in [0.4, 0.5) is 5.82 Å². The van der Waals surface area contributed by atoms with Crippen molar-refractivity contribution in [1.29, 1.82) is 0 Å². The number of carbonyl (C=O) groups excluding carboxylic acids is 1. The molecule has 1 aliphatic rings. The van der Waals surface area contributed by atoms with Crippen LogP contribution >= 0.6 is 11.8 Å². The third kappa shape index (κ3) is 8.28. The van der Waals surface area contributed by atoms with Crippen molar-refractivity contribution in [3.63, 3.8) is 0 Å². The fraction of sp³-hybridized carbons (Fsp3) is 0.265. The molecule has 1 fully saturated rings. The van der Waals surface area contributed by atoms with Crippen molar-refractivity contribution in [3.05, 3.63) is 114 Å². The minimum atomic E-state index is -0.0499. The number of benzene rings is 3. The van der Waals surface area contributed by atoms with Crippen molar-refractivity contribution in [2.75, 3.05) is 37.6 Å². The molecule has 0 atom stereocenters. The maximum atomic E-state index is 12.5. The predicted octanol–water partition coefficient (Wildman–Crippen LogP) is 6.41. The van der Waals surface area contributed by atoms with E-state index in [0.29, 0.717) is 11.3 Å². The fourth-order valence-electron chi connectivity index (χ4n) is 4.75. The normalized spacial score (nSPS) is 14.1. The SMILES string of the molecule is CC(C)NC(=O)c1cccc(CSc2nc(-c3ccccc3)cc(N3CCN(C/C=C/c4ccccc4)CC3)n2)c1. The fourth-order valence-corrected chi connectivity index (χ4v) is 5.55. The molecule has 0 radical (unpaired) electrons. The second-order valence-electron chi connectivity index (χ2n) is 10.5. The van der Waals surface area contributed by atoms with E-state index in [1.165, 1.54) is 5.56 Å². The van der Waals surface area contributed by atoms with Gasteiger partial charge in [-0.15, -0.1) is 0 Å². The number of hydrogen-bond donors (Lipinski definition) is 1. The molecule has 41 heavy (non-hydrogen) atoms. The summed E-state index contributed by atoms with van der Waals surface area (Å²) < 4.78 is 0. The van der Waals surface area contributed by atoms with E-state index in [9.17, 15) is 4.79 Å². The molecule has 4 aromatic rings. The Kier molecular flexibility index (Phi) is 9.83. The minimum Gasteiger partial charge on any atom is -0.354 e. The highest BCUT2D eigenvalue weighted by Crippen LogP contribution is 2.28. The van der Waals surface area contributed by atoms with Gasteiger partial charge in [0.15, 0.2) is 5.16 Å². The van der Waals surface area contributed by atoms with Gasteiger partial charge in [0.05, 0.1) is 5.69 Å². The van der Waals surface area contributed by atoms with Gasteiger partial charge in [-0.2, -0.15) is 0 Å². The van der Waals surface area contributed by atoms with Crippen molar-refractivity contribution >= 4 is 29.6 Å². The zero-order valence-corrected chi connectivity index (χ0v) is 24.6. The Bertz CT molecular complexity index is 1450. The van der Waals surface area contributed by atoms with Crippen LogP contribution in [0.25, 0.3) is 17.3 Å². The van der Waals surface area contributed by atoms with Crippen LogP contribution in [-0.2, 0) is 5.75 Å². The van der Waals surface area contributed by atoms with Crippen LogP contribution in [-0.4, -0.2) is 59.5 Å². The molecule has 0 aliphatic carbocycles. The summed E-state index contributed by atoms with van der Waals surface area (Å²) in [5, 5.41) is 3.71. The standard InChI is InChI=1S/C34H37N5OS/c1-26(2)35-33(40)30-17-9-13-28(23-30)25-41-34-36-31(29-15-7-4-8-16-29)24-32(37-34)39-21-19-38(20-22-39)18-10-14-27-11-5-3-6-12-27/h3-17,23-24,26H,18-22,25H2,1-2H3,(H,35,40)/b14-10+. The molecule has 1 aromatic heterocycles. The molecule has 0 saturated carbocycles. The summed E-state index contributed by atoms with van der Waals surface area (Å²) >= 11 is 1.60. The number of piperazine rings is 1. The quantitative estimate of drug-likeness (QED) is 0.178. The molecule has 1 aliphatic heterocycles. The van der Waals surface area contributed by atoms with Crippen LogP contribution in [0, 0.1) is 0 Å². The highest BCUT2D eigenvalue weighted by molar-refractivity contribution is 7.98. The number of carbonyl (C=O) groups is 1. The topological polar surface area (TPSA) is 61.4 Å². The second kappa shape index (κ2) is 14.1. The lowest BCUT2D eigenvalue weighted by Gasteiger charge is -2.35. The lowest BCUT2D eigenvalue weighted by Crippen LogP contribution is -2.46. The smallest absolute Gasteiger partial charge is 0.251 e. The lowest BCUT2D eigenvalue weighted by atomic mass is 10.1. The van der Waals surface area contributed by atoms with Gasteiger partial charge in [0.2, 0.25) is 0 Å². The average Bonchev–Trinajstić information content (AvgIpc) is 3.01. The molecule has 3 aromatic carbocycles. The lowest BCUT2D eigenvalue weighted by molar-refractivity contribution is 0.0943. The van der Waals surface area contributed by atoms with E-state index in [2.05, 4.69) is 69.7 Å². The molecule has 5 rings (SSSR count). The van der Waals surface area contributed by atoms with E-state index < -0.39 is 0 Å². The van der Waals surface area contributed by atoms with Gasteiger partial charge in [0.25, 0.3) is 5.91 Å². The Balaban J connectivity index is 1.27. The third-order valence-corrected chi connectivity index (χ3v) is 7.83.